The Kier molecular flexibility index (Phi) is 4.52. The second kappa shape index (κ2) is 7.79. The summed E-state index contributed by atoms with van der Waals surface area (Å²) in [5.74, 6) is 0.113. The number of carbonyl (C=O) groups is 1. The van der Waals surface area contributed by atoms with Crippen molar-refractivity contribution in [3.05, 3.63) is 160 Å². The number of aryl methyl sites for hydroxylation is 1. The lowest BCUT2D eigenvalue weighted by Gasteiger charge is -2.48. The van der Waals surface area contributed by atoms with E-state index < -0.39 is 5.41 Å². The minimum atomic E-state index is -0.593. The molecule has 0 aromatic heterocycles. The fourth-order valence-corrected chi connectivity index (χ4v) is 6.31. The van der Waals surface area contributed by atoms with Crippen LogP contribution in [0.1, 0.15) is 50.7 Å². The van der Waals surface area contributed by atoms with E-state index in [1.54, 1.807) is 0 Å². The summed E-state index contributed by atoms with van der Waals surface area (Å²) in [6, 6.07) is 42.6. The predicted molar refractivity (Wildman–Crippen MR) is 146 cm³/mol. The van der Waals surface area contributed by atoms with Crippen molar-refractivity contribution in [2.45, 2.75) is 18.8 Å². The molecule has 0 bridgehead atoms. The Balaban J connectivity index is 1.67. The smallest absolute Gasteiger partial charge is 0.193 e. The Morgan fingerprint density at radius 2 is 1.14 bits per heavy atom. The molecule has 1 spiro atoms. The van der Waals surface area contributed by atoms with Gasteiger partial charge in [-0.1, -0.05) is 97.9 Å². The topological polar surface area (TPSA) is 20.3 Å². The molecule has 0 fully saturated rings. The highest BCUT2D eigenvalue weighted by atomic mass is 16.1. The van der Waals surface area contributed by atoms with Crippen molar-refractivity contribution in [2.75, 3.05) is 4.90 Å². The van der Waals surface area contributed by atoms with Crippen LogP contribution in [0.25, 0.3) is 0 Å². The van der Waals surface area contributed by atoms with Gasteiger partial charge in [0.25, 0.3) is 0 Å². The van der Waals surface area contributed by atoms with E-state index in [4.69, 9.17) is 0 Å². The number of para-hydroxylation sites is 3. The van der Waals surface area contributed by atoms with Crippen LogP contribution >= 0.6 is 0 Å². The third-order valence-corrected chi connectivity index (χ3v) is 7.83. The maximum Gasteiger partial charge on any atom is 0.193 e. The molecule has 1 aliphatic heterocycles. The van der Waals surface area contributed by atoms with E-state index in [-0.39, 0.29) is 5.78 Å². The van der Waals surface area contributed by atoms with Gasteiger partial charge in [-0.15, -0.1) is 0 Å². The van der Waals surface area contributed by atoms with E-state index in [2.05, 4.69) is 121 Å². The fourth-order valence-electron chi connectivity index (χ4n) is 6.31. The molecule has 1 aliphatic carbocycles. The van der Waals surface area contributed by atoms with E-state index in [1.165, 1.54) is 16.7 Å². The van der Waals surface area contributed by atoms with Crippen LogP contribution in [0.4, 0.5) is 17.1 Å². The van der Waals surface area contributed by atoms with Gasteiger partial charge in [0.2, 0.25) is 0 Å². The third-order valence-electron chi connectivity index (χ3n) is 7.83. The minimum absolute atomic E-state index is 0.113. The molecule has 172 valence electrons. The Morgan fingerprint density at radius 1 is 0.583 bits per heavy atom. The molecule has 0 radical (unpaired) electrons. The molecule has 5 aromatic rings. The van der Waals surface area contributed by atoms with E-state index in [0.29, 0.717) is 0 Å². The van der Waals surface area contributed by atoms with Crippen LogP contribution in [-0.2, 0) is 11.8 Å². The van der Waals surface area contributed by atoms with Gasteiger partial charge < -0.3 is 4.90 Å². The number of carbonyl (C=O) groups excluding carboxylic acids is 1. The number of fused-ring (bicyclic) bond motifs is 8. The van der Waals surface area contributed by atoms with Gasteiger partial charge in [-0.05, 0) is 64.6 Å². The van der Waals surface area contributed by atoms with Gasteiger partial charge in [-0.3, -0.25) is 4.79 Å². The Morgan fingerprint density at radius 3 is 1.81 bits per heavy atom. The van der Waals surface area contributed by atoms with Crippen molar-refractivity contribution in [1.29, 1.82) is 0 Å². The maximum absolute atomic E-state index is 13.9. The number of ketones is 1. The standard InChI is InChI=1S/C34H25NO/c1-2-23-20-21-28-26(22-23)33(36)25-14-6-7-15-27(25)34(28)29-16-8-10-18-31(29)35(24-12-4-3-5-13-24)32-19-11-9-17-30(32)34/h3-22H,2H2,1H3. The van der Waals surface area contributed by atoms with Gasteiger partial charge >= 0.3 is 0 Å². The van der Waals surface area contributed by atoms with Gasteiger partial charge in [0.15, 0.2) is 5.78 Å². The van der Waals surface area contributed by atoms with Crippen molar-refractivity contribution in [3.8, 4) is 0 Å². The number of anilines is 3. The van der Waals surface area contributed by atoms with Crippen molar-refractivity contribution in [1.82, 2.24) is 0 Å². The molecule has 2 nitrogen and oxygen atoms in total. The summed E-state index contributed by atoms with van der Waals surface area (Å²) in [6.45, 7) is 2.14. The molecule has 36 heavy (non-hydrogen) atoms. The van der Waals surface area contributed by atoms with Gasteiger partial charge in [0.1, 0.15) is 0 Å². The molecular formula is C34H25NO. The van der Waals surface area contributed by atoms with Crippen LogP contribution in [0.3, 0.4) is 0 Å². The van der Waals surface area contributed by atoms with Gasteiger partial charge in [-0.25, -0.2) is 0 Å². The molecule has 0 saturated carbocycles. The Labute approximate surface area is 211 Å². The monoisotopic (exact) mass is 463 g/mol. The van der Waals surface area contributed by atoms with Crippen molar-refractivity contribution in [3.63, 3.8) is 0 Å². The average molecular weight is 464 g/mol. The zero-order valence-electron chi connectivity index (χ0n) is 20.1. The molecular weight excluding hydrogens is 438 g/mol. The second-order valence-electron chi connectivity index (χ2n) is 9.56. The van der Waals surface area contributed by atoms with Gasteiger partial charge in [0.05, 0.1) is 16.8 Å². The fraction of sp³-hybridized carbons (Fsp3) is 0.0882. The highest BCUT2D eigenvalue weighted by Crippen LogP contribution is 2.60. The lowest BCUT2D eigenvalue weighted by atomic mass is 9.57. The zero-order valence-corrected chi connectivity index (χ0v) is 20.1. The summed E-state index contributed by atoms with van der Waals surface area (Å²) in [5, 5.41) is 0. The van der Waals surface area contributed by atoms with E-state index >= 15 is 0 Å². The SMILES string of the molecule is CCc1ccc2c(c1)C(=O)c1ccccc1C21c2ccccc2N(c2ccccc2)c2ccccc21. The summed E-state index contributed by atoms with van der Waals surface area (Å²) < 4.78 is 0. The number of rotatable bonds is 2. The Hall–Kier alpha value is -4.43. The largest absolute Gasteiger partial charge is 0.310 e. The van der Waals surface area contributed by atoms with Gasteiger partial charge in [0, 0.05) is 16.8 Å². The highest BCUT2D eigenvalue weighted by Gasteiger charge is 2.51. The molecule has 0 amide bonds. The molecule has 1 heterocycles. The molecule has 5 aromatic carbocycles. The van der Waals surface area contributed by atoms with Crippen LogP contribution in [0.15, 0.2) is 121 Å². The molecule has 0 saturated heterocycles. The molecule has 2 aliphatic rings. The first-order valence-electron chi connectivity index (χ1n) is 12.6. The minimum Gasteiger partial charge on any atom is -0.310 e. The van der Waals surface area contributed by atoms with Crippen LogP contribution < -0.4 is 4.90 Å². The summed E-state index contributed by atoms with van der Waals surface area (Å²) in [5.41, 5.74) is 10.1. The summed E-state index contributed by atoms with van der Waals surface area (Å²) in [4.78, 5) is 16.3. The number of hydrogen-bond acceptors (Lipinski definition) is 2. The first-order valence-corrected chi connectivity index (χ1v) is 12.6. The maximum atomic E-state index is 13.9. The summed E-state index contributed by atoms with van der Waals surface area (Å²) in [7, 11) is 0. The zero-order chi connectivity index (χ0) is 24.3. The van der Waals surface area contributed by atoms with Crippen LogP contribution in [0.2, 0.25) is 0 Å². The predicted octanol–water partition coefficient (Wildman–Crippen LogP) is 7.96. The van der Waals surface area contributed by atoms with Crippen molar-refractivity contribution >= 4 is 22.8 Å². The number of hydrogen-bond donors (Lipinski definition) is 0. The molecule has 0 unspecified atom stereocenters. The molecule has 7 rings (SSSR count). The quantitative estimate of drug-likeness (QED) is 0.259. The van der Waals surface area contributed by atoms with Crippen LogP contribution in [-0.4, -0.2) is 5.78 Å². The summed E-state index contributed by atoms with van der Waals surface area (Å²) >= 11 is 0. The van der Waals surface area contributed by atoms with Crippen molar-refractivity contribution in [2.24, 2.45) is 0 Å². The van der Waals surface area contributed by atoms with Crippen LogP contribution in [0.5, 0.6) is 0 Å². The van der Waals surface area contributed by atoms with Gasteiger partial charge in [-0.2, -0.15) is 0 Å². The van der Waals surface area contributed by atoms with Crippen LogP contribution in [0, 0.1) is 0 Å². The van der Waals surface area contributed by atoms with Crippen molar-refractivity contribution < 1.29 is 4.79 Å². The van der Waals surface area contributed by atoms with E-state index in [0.717, 1.165) is 45.7 Å². The lowest BCUT2D eigenvalue weighted by molar-refractivity contribution is 0.103. The summed E-state index contributed by atoms with van der Waals surface area (Å²) in [6.07, 6.45) is 0.893. The normalized spacial score (nSPS) is 14.6. The Bertz CT molecular complexity index is 1600. The first kappa shape index (κ1) is 20.9. The molecule has 0 N–H and O–H groups in total. The first-order chi connectivity index (χ1) is 17.7. The average Bonchev–Trinajstić information content (AvgIpc) is 2.95. The molecule has 0 atom stereocenters. The lowest BCUT2D eigenvalue weighted by Crippen LogP contribution is -2.42. The highest BCUT2D eigenvalue weighted by molar-refractivity contribution is 6.15. The van der Waals surface area contributed by atoms with E-state index in [9.17, 15) is 4.79 Å². The number of nitrogens with zero attached hydrogens (tertiary/aromatic N) is 1. The third kappa shape index (κ3) is 2.64. The number of benzene rings is 5. The molecule has 2 heteroatoms. The second-order valence-corrected chi connectivity index (χ2v) is 9.56. The van der Waals surface area contributed by atoms with E-state index in [1.807, 2.05) is 12.1 Å².